The highest BCUT2D eigenvalue weighted by molar-refractivity contribution is 6.23. The highest BCUT2D eigenvalue weighted by Crippen LogP contribution is 2.56. The number of nitrogens with one attached hydrogen (secondary N) is 1. The van der Waals surface area contributed by atoms with E-state index in [0.29, 0.717) is 22.4 Å². The summed E-state index contributed by atoms with van der Waals surface area (Å²) in [7, 11) is 1.41. The van der Waals surface area contributed by atoms with Crippen molar-refractivity contribution in [3.05, 3.63) is 63.9 Å². The number of hydrogen-bond acceptors (Lipinski definition) is 10. The average molecular weight is 629 g/mol. The average Bonchev–Trinajstić information content (AvgIpc) is 2.94. The lowest BCUT2D eigenvalue weighted by Crippen LogP contribution is -2.65. The number of Topliss-reactive ketones (excluding diaryl/α,β-unsaturated/α-hetero) is 2. The number of primary amides is 1. The van der Waals surface area contributed by atoms with Gasteiger partial charge in [-0.3, -0.25) is 14.4 Å². The molecule has 0 bridgehead atoms. The first kappa shape index (κ1) is 32.1. The van der Waals surface area contributed by atoms with Gasteiger partial charge in [0.15, 0.2) is 11.4 Å². The number of benzene rings is 2. The number of phenols is 1. The zero-order valence-electron chi connectivity index (χ0n) is 24.8. The minimum Gasteiger partial charge on any atom is -0.508 e. The molecule has 8 N–H and O–H groups in total. The Morgan fingerprint density at radius 1 is 1.13 bits per heavy atom. The number of ketones is 2. The Hall–Kier alpha value is -4.33. The van der Waals surface area contributed by atoms with Crippen LogP contribution in [0.2, 0.25) is 0 Å². The molecule has 0 saturated heterocycles. The molecule has 2 unspecified atom stereocenters. The van der Waals surface area contributed by atoms with Gasteiger partial charge < -0.3 is 41.3 Å². The first-order valence-corrected chi connectivity index (χ1v) is 14.3. The summed E-state index contributed by atoms with van der Waals surface area (Å²) in [5.74, 6) is -11.3. The summed E-state index contributed by atoms with van der Waals surface area (Å²) in [6.45, 7) is 1.87. The van der Waals surface area contributed by atoms with Crippen molar-refractivity contribution in [2.24, 2.45) is 17.6 Å². The molecule has 1 fully saturated rings. The molecule has 0 aliphatic heterocycles. The van der Waals surface area contributed by atoms with Crippen molar-refractivity contribution in [2.75, 3.05) is 13.7 Å². The Morgan fingerprint density at radius 2 is 1.82 bits per heavy atom. The molecule has 3 aliphatic carbocycles. The third-order valence-electron chi connectivity index (χ3n) is 9.04. The molecule has 13 heteroatoms. The SMILES string of the molecule is CCC1C(=O)C(C(N)=O)=C(O)[C@@]2(O)C(=O)C3=C(O)c4c(O)ccc(-c5cc(CNCC(C)(F)F)ccc5OC)c4C[C@@]3(O)CC12. The zero-order valence-corrected chi connectivity index (χ0v) is 24.8. The van der Waals surface area contributed by atoms with Crippen LogP contribution in [0.1, 0.15) is 43.4 Å². The number of carbonyl (C=O) groups excluding carboxylic acids is 3. The molecule has 11 nitrogen and oxygen atoms in total. The first-order chi connectivity index (χ1) is 21.0. The zero-order chi connectivity index (χ0) is 33.2. The molecule has 3 aliphatic rings. The molecule has 0 heterocycles. The number of alkyl halides is 2. The molecule has 45 heavy (non-hydrogen) atoms. The Kier molecular flexibility index (Phi) is 7.79. The third-order valence-corrected chi connectivity index (χ3v) is 9.04. The summed E-state index contributed by atoms with van der Waals surface area (Å²) in [5, 5.41) is 59.8. The second kappa shape index (κ2) is 10.9. The fourth-order valence-corrected chi connectivity index (χ4v) is 7.03. The molecule has 240 valence electrons. The molecule has 1 amide bonds. The van der Waals surface area contributed by atoms with Gasteiger partial charge in [-0.2, -0.15) is 0 Å². The summed E-state index contributed by atoms with van der Waals surface area (Å²) in [4.78, 5) is 39.3. The number of carbonyl (C=O) groups is 3. The molecular formula is C32H34F2N2O9. The lowest BCUT2D eigenvalue weighted by atomic mass is 9.54. The molecule has 0 spiro atoms. The van der Waals surface area contributed by atoms with E-state index in [0.717, 1.165) is 6.92 Å². The number of phenolic OH excluding ortho intramolecular Hbond substituents is 1. The predicted octanol–water partition coefficient (Wildman–Crippen LogP) is 2.60. The lowest BCUT2D eigenvalue weighted by Gasteiger charge is -2.52. The number of aliphatic hydroxyl groups is 4. The van der Waals surface area contributed by atoms with E-state index in [4.69, 9.17) is 10.5 Å². The van der Waals surface area contributed by atoms with Crippen molar-refractivity contribution in [1.29, 1.82) is 0 Å². The minimum atomic E-state index is -2.93. The summed E-state index contributed by atoms with van der Waals surface area (Å²) in [6, 6.07) is 7.71. The Morgan fingerprint density at radius 3 is 2.42 bits per heavy atom. The summed E-state index contributed by atoms with van der Waals surface area (Å²) >= 11 is 0. The summed E-state index contributed by atoms with van der Waals surface area (Å²) in [5.41, 5.74) is 0.0233. The van der Waals surface area contributed by atoms with Crippen molar-refractivity contribution < 1.29 is 53.4 Å². The van der Waals surface area contributed by atoms with Crippen LogP contribution >= 0.6 is 0 Å². The van der Waals surface area contributed by atoms with E-state index in [1.807, 2.05) is 0 Å². The molecule has 0 radical (unpaired) electrons. The number of fused-ring (bicyclic) bond motifs is 3. The number of amides is 1. The lowest BCUT2D eigenvalue weighted by molar-refractivity contribution is -0.161. The quantitative estimate of drug-likeness (QED) is 0.213. The number of aromatic hydroxyl groups is 1. The number of aliphatic hydroxyl groups excluding tert-OH is 2. The van der Waals surface area contributed by atoms with Crippen LogP contribution < -0.4 is 15.8 Å². The van der Waals surface area contributed by atoms with E-state index < -0.39 is 87.8 Å². The highest BCUT2D eigenvalue weighted by atomic mass is 19.3. The van der Waals surface area contributed by atoms with Gasteiger partial charge in [-0.15, -0.1) is 0 Å². The normalized spacial score (nSPS) is 26.4. The second-order valence-corrected chi connectivity index (χ2v) is 12.0. The monoisotopic (exact) mass is 628 g/mol. The maximum atomic E-state index is 14.0. The second-order valence-electron chi connectivity index (χ2n) is 12.0. The first-order valence-electron chi connectivity index (χ1n) is 14.3. The Labute approximate surface area is 256 Å². The van der Waals surface area contributed by atoms with E-state index >= 15 is 0 Å². The van der Waals surface area contributed by atoms with Crippen LogP contribution in [0.5, 0.6) is 11.5 Å². The van der Waals surface area contributed by atoms with Crippen molar-refractivity contribution in [2.45, 2.75) is 56.8 Å². The van der Waals surface area contributed by atoms with Crippen LogP contribution in [-0.2, 0) is 27.3 Å². The number of hydrogen-bond donors (Lipinski definition) is 7. The summed E-state index contributed by atoms with van der Waals surface area (Å²) < 4.78 is 32.3. The van der Waals surface area contributed by atoms with Gasteiger partial charge in [0, 0.05) is 37.3 Å². The Bertz CT molecular complexity index is 1700. The van der Waals surface area contributed by atoms with Gasteiger partial charge in [-0.1, -0.05) is 19.1 Å². The van der Waals surface area contributed by atoms with E-state index in [-0.39, 0.29) is 30.5 Å². The summed E-state index contributed by atoms with van der Waals surface area (Å²) in [6.07, 6.45) is -0.847. The van der Waals surface area contributed by atoms with Crippen molar-refractivity contribution in [1.82, 2.24) is 5.32 Å². The van der Waals surface area contributed by atoms with Crippen LogP contribution in [-0.4, -0.2) is 73.8 Å². The van der Waals surface area contributed by atoms with Gasteiger partial charge in [0.05, 0.1) is 24.8 Å². The van der Waals surface area contributed by atoms with Gasteiger partial charge in [0.25, 0.3) is 11.8 Å². The largest absolute Gasteiger partial charge is 0.508 e. The smallest absolute Gasteiger partial charge is 0.257 e. The molecule has 5 rings (SSSR count). The van der Waals surface area contributed by atoms with E-state index in [2.05, 4.69) is 5.32 Å². The number of ether oxygens (including phenoxy) is 1. The van der Waals surface area contributed by atoms with Crippen LogP contribution in [0.15, 0.2) is 47.2 Å². The highest BCUT2D eigenvalue weighted by Gasteiger charge is 2.66. The molecule has 2 aromatic rings. The van der Waals surface area contributed by atoms with Gasteiger partial charge in [0.1, 0.15) is 34.2 Å². The third kappa shape index (κ3) is 4.95. The molecule has 0 aromatic heterocycles. The van der Waals surface area contributed by atoms with E-state index in [1.165, 1.54) is 19.2 Å². The standard InChI is InChI=1S/C32H34F2N2O9/c1-4-15-19-11-31(43)10-18-16(17-9-14(5-8-21(17)45-3)12-36-13-30(2,33)34)6-7-20(37)22(18)26(39)24(31)28(41)32(19,44)27(40)23(25(15)38)29(35)42/h5-9,15,19,36-37,39-40,43-44H,4,10-13H2,1-3H3,(H2,35,42)/t15?,19?,31-,32-/m1/s1. The van der Waals surface area contributed by atoms with Gasteiger partial charge in [0.2, 0.25) is 5.78 Å². The minimum absolute atomic E-state index is 0.0227. The molecular weight excluding hydrogens is 594 g/mol. The van der Waals surface area contributed by atoms with Gasteiger partial charge in [-0.25, -0.2) is 8.78 Å². The number of methoxy groups -OCH3 is 1. The van der Waals surface area contributed by atoms with Crippen molar-refractivity contribution in [3.63, 3.8) is 0 Å². The van der Waals surface area contributed by atoms with Crippen LogP contribution in [0.4, 0.5) is 8.78 Å². The topological polar surface area (TPSA) is 200 Å². The van der Waals surface area contributed by atoms with Gasteiger partial charge in [-0.05, 0) is 47.7 Å². The number of halogens is 2. The fraction of sp³-hybridized carbons (Fsp3) is 0.406. The Balaban J connectivity index is 1.69. The van der Waals surface area contributed by atoms with Crippen molar-refractivity contribution in [3.8, 4) is 22.6 Å². The fourth-order valence-electron chi connectivity index (χ4n) is 7.03. The maximum Gasteiger partial charge on any atom is 0.257 e. The van der Waals surface area contributed by atoms with E-state index in [1.54, 1.807) is 25.1 Å². The number of nitrogens with two attached hydrogens (primary N) is 1. The van der Waals surface area contributed by atoms with Crippen LogP contribution in [0.25, 0.3) is 16.9 Å². The van der Waals surface area contributed by atoms with Crippen molar-refractivity contribution >= 4 is 23.2 Å². The molecule has 4 atom stereocenters. The molecule has 2 aromatic carbocycles. The predicted molar refractivity (Wildman–Crippen MR) is 156 cm³/mol. The van der Waals surface area contributed by atoms with E-state index in [9.17, 15) is 48.7 Å². The van der Waals surface area contributed by atoms with Crippen LogP contribution in [0, 0.1) is 11.8 Å². The number of rotatable bonds is 8. The maximum absolute atomic E-state index is 14.0. The van der Waals surface area contributed by atoms with Crippen LogP contribution in [0.3, 0.4) is 0 Å². The molecule has 1 saturated carbocycles. The van der Waals surface area contributed by atoms with Gasteiger partial charge >= 0.3 is 0 Å².